The summed E-state index contributed by atoms with van der Waals surface area (Å²) in [4.78, 5) is 4.32. The largest absolute Gasteiger partial charge is 0.251 e. The maximum Gasteiger partial charge on any atom is 0.0896 e. The molecule has 1 nitrogen and oxygen atoms in total. The Balaban J connectivity index is 2.53. The third kappa shape index (κ3) is 1.77. The number of hydrogen-bond donors (Lipinski definition) is 0. The predicted octanol–water partition coefficient (Wildman–Crippen LogP) is 3.23. The molecule has 1 heteroatoms. The average Bonchev–Trinajstić information content (AvgIpc) is 2.18. The Morgan fingerprint density at radius 2 is 2.07 bits per heavy atom. The highest BCUT2D eigenvalue weighted by atomic mass is 14.7. The first-order valence-electron chi connectivity index (χ1n) is 5.02. The molecule has 0 N–H and O–H groups in total. The molecule has 1 radical (unpaired) electrons. The second-order valence-electron chi connectivity index (χ2n) is 4.02. The molecule has 14 heavy (non-hydrogen) atoms. The Bertz CT molecular complexity index is 427. The van der Waals surface area contributed by atoms with Crippen LogP contribution < -0.4 is 0 Å². The molecule has 0 unspecified atom stereocenters. The van der Waals surface area contributed by atoms with E-state index in [9.17, 15) is 0 Å². The number of benzene rings is 1. The van der Waals surface area contributed by atoms with Crippen molar-refractivity contribution in [3.05, 3.63) is 42.2 Å². The van der Waals surface area contributed by atoms with Gasteiger partial charge in [0.1, 0.15) is 0 Å². The number of rotatable bonds is 2. The Morgan fingerprint density at radius 3 is 2.86 bits per heavy atom. The summed E-state index contributed by atoms with van der Waals surface area (Å²) in [5.41, 5.74) is 1.16. The van der Waals surface area contributed by atoms with E-state index in [0.29, 0.717) is 5.92 Å². The Kier molecular flexibility index (Phi) is 2.49. The van der Waals surface area contributed by atoms with Crippen molar-refractivity contribution in [1.29, 1.82) is 0 Å². The molecule has 1 heterocycles. The molecular formula is C13H14N. The van der Waals surface area contributed by atoms with Gasteiger partial charge in [-0.05, 0) is 23.8 Å². The quantitative estimate of drug-likeness (QED) is 0.698. The van der Waals surface area contributed by atoms with Crippen LogP contribution in [0.15, 0.2) is 30.3 Å². The van der Waals surface area contributed by atoms with Gasteiger partial charge in [0.2, 0.25) is 0 Å². The highest BCUT2D eigenvalue weighted by molar-refractivity contribution is 5.84. The SMILES string of the molecule is CC(C)Cc1n[c]cc2ccccc12. The van der Waals surface area contributed by atoms with Gasteiger partial charge in [-0.1, -0.05) is 38.1 Å². The van der Waals surface area contributed by atoms with Gasteiger partial charge in [-0.2, -0.15) is 0 Å². The molecule has 1 aromatic carbocycles. The number of hydrogen-bond acceptors (Lipinski definition) is 1. The van der Waals surface area contributed by atoms with Gasteiger partial charge < -0.3 is 0 Å². The van der Waals surface area contributed by atoms with Crippen LogP contribution in [0.4, 0.5) is 0 Å². The van der Waals surface area contributed by atoms with E-state index in [1.165, 1.54) is 10.8 Å². The summed E-state index contributed by atoms with van der Waals surface area (Å²) in [5.74, 6) is 0.640. The fourth-order valence-electron chi connectivity index (χ4n) is 1.67. The second-order valence-corrected chi connectivity index (χ2v) is 4.02. The zero-order valence-electron chi connectivity index (χ0n) is 8.62. The Hall–Kier alpha value is -1.37. The summed E-state index contributed by atoms with van der Waals surface area (Å²) in [7, 11) is 0. The Labute approximate surface area is 84.8 Å². The lowest BCUT2D eigenvalue weighted by Gasteiger charge is -2.06. The van der Waals surface area contributed by atoms with E-state index in [4.69, 9.17) is 0 Å². The summed E-state index contributed by atoms with van der Waals surface area (Å²) < 4.78 is 0. The normalized spacial score (nSPS) is 11.1. The highest BCUT2D eigenvalue weighted by Crippen LogP contribution is 2.18. The van der Waals surface area contributed by atoms with E-state index in [1.807, 2.05) is 6.07 Å². The van der Waals surface area contributed by atoms with Gasteiger partial charge in [0, 0.05) is 11.1 Å². The van der Waals surface area contributed by atoms with Crippen molar-refractivity contribution in [2.24, 2.45) is 5.92 Å². The predicted molar refractivity (Wildman–Crippen MR) is 59.1 cm³/mol. The molecule has 0 aliphatic rings. The van der Waals surface area contributed by atoms with Crippen molar-refractivity contribution in [2.45, 2.75) is 20.3 Å². The van der Waals surface area contributed by atoms with Gasteiger partial charge >= 0.3 is 0 Å². The molecule has 2 rings (SSSR count). The van der Waals surface area contributed by atoms with Crippen molar-refractivity contribution in [1.82, 2.24) is 4.98 Å². The zero-order chi connectivity index (χ0) is 9.97. The van der Waals surface area contributed by atoms with E-state index in [0.717, 1.165) is 12.1 Å². The standard InChI is InChI=1S/C13H14N/c1-10(2)9-13-12-6-4-3-5-11(12)7-8-14-13/h3-7,10H,9H2,1-2H3. The molecule has 71 valence electrons. The minimum Gasteiger partial charge on any atom is -0.251 e. The summed E-state index contributed by atoms with van der Waals surface area (Å²) in [6, 6.07) is 10.3. The van der Waals surface area contributed by atoms with Crippen molar-refractivity contribution >= 4 is 10.8 Å². The van der Waals surface area contributed by atoms with E-state index in [2.05, 4.69) is 49.3 Å². The highest BCUT2D eigenvalue weighted by Gasteiger charge is 2.03. The van der Waals surface area contributed by atoms with E-state index in [-0.39, 0.29) is 0 Å². The molecule has 0 saturated heterocycles. The van der Waals surface area contributed by atoms with E-state index < -0.39 is 0 Å². The molecule has 0 atom stereocenters. The minimum atomic E-state index is 0.640. The number of aromatic nitrogens is 1. The monoisotopic (exact) mass is 184 g/mol. The number of fused-ring (bicyclic) bond motifs is 1. The molecular weight excluding hydrogens is 170 g/mol. The van der Waals surface area contributed by atoms with Gasteiger partial charge in [0.15, 0.2) is 0 Å². The molecule has 1 aromatic heterocycles. The van der Waals surface area contributed by atoms with Crippen molar-refractivity contribution in [3.8, 4) is 0 Å². The van der Waals surface area contributed by atoms with Gasteiger partial charge in [0.05, 0.1) is 6.20 Å². The molecule has 0 saturated carbocycles. The third-order valence-electron chi connectivity index (χ3n) is 2.29. The third-order valence-corrected chi connectivity index (χ3v) is 2.29. The van der Waals surface area contributed by atoms with Gasteiger partial charge in [-0.25, -0.2) is 0 Å². The molecule has 0 bridgehead atoms. The minimum absolute atomic E-state index is 0.640. The van der Waals surface area contributed by atoms with Crippen LogP contribution in [0.25, 0.3) is 10.8 Å². The smallest absolute Gasteiger partial charge is 0.0896 e. The molecule has 0 amide bonds. The second kappa shape index (κ2) is 3.79. The first kappa shape index (κ1) is 9.20. The summed E-state index contributed by atoms with van der Waals surface area (Å²) in [6.07, 6.45) is 3.99. The summed E-state index contributed by atoms with van der Waals surface area (Å²) in [5, 5.41) is 2.50. The molecule has 0 spiro atoms. The van der Waals surface area contributed by atoms with Crippen LogP contribution in [0.2, 0.25) is 0 Å². The first-order valence-corrected chi connectivity index (χ1v) is 5.02. The maximum absolute atomic E-state index is 4.32. The van der Waals surface area contributed by atoms with Crippen molar-refractivity contribution < 1.29 is 0 Å². The van der Waals surface area contributed by atoms with Gasteiger partial charge in [-0.3, -0.25) is 4.98 Å². The van der Waals surface area contributed by atoms with Crippen LogP contribution in [0.3, 0.4) is 0 Å². The summed E-state index contributed by atoms with van der Waals surface area (Å²) in [6.45, 7) is 4.42. The fourth-order valence-corrected chi connectivity index (χ4v) is 1.67. The van der Waals surface area contributed by atoms with Gasteiger partial charge in [0.25, 0.3) is 0 Å². The lowest BCUT2D eigenvalue weighted by atomic mass is 10.0. The topological polar surface area (TPSA) is 12.9 Å². The van der Waals surface area contributed by atoms with E-state index >= 15 is 0 Å². The van der Waals surface area contributed by atoms with Crippen molar-refractivity contribution in [3.63, 3.8) is 0 Å². The Morgan fingerprint density at radius 1 is 1.29 bits per heavy atom. The van der Waals surface area contributed by atoms with Crippen LogP contribution >= 0.6 is 0 Å². The lowest BCUT2D eigenvalue weighted by molar-refractivity contribution is 0.639. The molecule has 0 aliphatic heterocycles. The van der Waals surface area contributed by atoms with Crippen LogP contribution in [-0.4, -0.2) is 4.98 Å². The van der Waals surface area contributed by atoms with Crippen LogP contribution in [0.5, 0.6) is 0 Å². The van der Waals surface area contributed by atoms with Crippen LogP contribution in [0, 0.1) is 12.1 Å². The van der Waals surface area contributed by atoms with Crippen LogP contribution in [0.1, 0.15) is 19.5 Å². The molecule has 0 fully saturated rings. The average molecular weight is 184 g/mol. The molecule has 0 aliphatic carbocycles. The zero-order valence-corrected chi connectivity index (χ0v) is 8.62. The van der Waals surface area contributed by atoms with Crippen molar-refractivity contribution in [2.75, 3.05) is 0 Å². The van der Waals surface area contributed by atoms with E-state index in [1.54, 1.807) is 0 Å². The number of nitrogens with zero attached hydrogens (tertiary/aromatic N) is 1. The fraction of sp³-hybridized carbons (Fsp3) is 0.308. The summed E-state index contributed by atoms with van der Waals surface area (Å²) >= 11 is 0. The molecule has 2 aromatic rings. The maximum atomic E-state index is 4.32. The first-order chi connectivity index (χ1) is 6.77. The van der Waals surface area contributed by atoms with Gasteiger partial charge in [-0.15, -0.1) is 0 Å². The lowest BCUT2D eigenvalue weighted by Crippen LogP contribution is -1.97. The van der Waals surface area contributed by atoms with Crippen LogP contribution in [-0.2, 0) is 6.42 Å². The number of pyridine rings is 1.